The molecule has 2 N–H and O–H groups in total. The van der Waals surface area contributed by atoms with E-state index >= 15 is 0 Å². The number of carbonyl (C=O) groups is 1. The van der Waals surface area contributed by atoms with Gasteiger partial charge in [-0.05, 0) is 25.7 Å². The summed E-state index contributed by atoms with van der Waals surface area (Å²) in [5, 5.41) is 9.82. The Kier molecular flexibility index (Phi) is 4.18. The molecular weight excluding hydrogens is 256 g/mol. The second-order valence-electron chi connectivity index (χ2n) is 5.81. The summed E-state index contributed by atoms with van der Waals surface area (Å²) < 4.78 is 5.18. The van der Waals surface area contributed by atoms with Gasteiger partial charge < -0.3 is 15.2 Å². The lowest BCUT2D eigenvalue weighted by Crippen LogP contribution is -2.43. The van der Waals surface area contributed by atoms with Crippen molar-refractivity contribution in [2.24, 2.45) is 0 Å². The summed E-state index contributed by atoms with van der Waals surface area (Å²) in [6.07, 6.45) is 8.87. The molecule has 2 aliphatic rings. The molecule has 6 heteroatoms. The Hall–Kier alpha value is -1.59. The van der Waals surface area contributed by atoms with Crippen molar-refractivity contribution in [1.82, 2.24) is 20.8 Å². The summed E-state index contributed by atoms with van der Waals surface area (Å²) in [6, 6.07) is 0.262. The molecule has 0 atom stereocenters. The molecule has 1 heterocycles. The van der Waals surface area contributed by atoms with E-state index in [4.69, 9.17) is 4.52 Å². The molecule has 20 heavy (non-hydrogen) atoms. The maximum absolute atomic E-state index is 11.7. The Morgan fingerprint density at radius 2 is 2.00 bits per heavy atom. The van der Waals surface area contributed by atoms with Gasteiger partial charge in [-0.15, -0.1) is 0 Å². The Labute approximate surface area is 118 Å². The van der Waals surface area contributed by atoms with Crippen molar-refractivity contribution in [3.8, 4) is 0 Å². The molecule has 1 aromatic rings. The second kappa shape index (κ2) is 6.24. The summed E-state index contributed by atoms with van der Waals surface area (Å²) >= 11 is 0. The zero-order valence-electron chi connectivity index (χ0n) is 11.7. The van der Waals surface area contributed by atoms with Crippen molar-refractivity contribution in [3.63, 3.8) is 0 Å². The maximum atomic E-state index is 11.7. The van der Waals surface area contributed by atoms with Gasteiger partial charge in [0.15, 0.2) is 5.82 Å². The lowest BCUT2D eigenvalue weighted by Gasteiger charge is -2.22. The molecule has 6 nitrogen and oxygen atoms in total. The van der Waals surface area contributed by atoms with E-state index in [2.05, 4.69) is 20.8 Å². The molecule has 0 spiro atoms. The topological polar surface area (TPSA) is 80.1 Å². The minimum atomic E-state index is -0.0807. The second-order valence-corrected chi connectivity index (χ2v) is 5.81. The third kappa shape index (κ3) is 3.71. The highest BCUT2D eigenvalue weighted by Gasteiger charge is 2.29. The van der Waals surface area contributed by atoms with Crippen molar-refractivity contribution in [2.75, 3.05) is 6.54 Å². The Balaban J connectivity index is 1.34. The Morgan fingerprint density at radius 1 is 1.20 bits per heavy atom. The SMILES string of the molecule is O=C(NCCc1noc(C2CC2)n1)NC1CCCCC1. The van der Waals surface area contributed by atoms with Crippen molar-refractivity contribution < 1.29 is 9.32 Å². The van der Waals surface area contributed by atoms with E-state index in [1.165, 1.54) is 19.3 Å². The van der Waals surface area contributed by atoms with Gasteiger partial charge in [0, 0.05) is 24.9 Å². The van der Waals surface area contributed by atoms with E-state index in [-0.39, 0.29) is 6.03 Å². The molecule has 0 aliphatic heterocycles. The average molecular weight is 278 g/mol. The highest BCUT2D eigenvalue weighted by Crippen LogP contribution is 2.38. The molecule has 2 amide bonds. The first kappa shape index (κ1) is 13.4. The lowest BCUT2D eigenvalue weighted by molar-refractivity contribution is 0.232. The largest absolute Gasteiger partial charge is 0.339 e. The number of urea groups is 1. The third-order valence-corrected chi connectivity index (χ3v) is 3.98. The Morgan fingerprint density at radius 3 is 2.75 bits per heavy atom. The van der Waals surface area contributed by atoms with Crippen molar-refractivity contribution >= 4 is 6.03 Å². The number of hydrogen-bond acceptors (Lipinski definition) is 4. The normalized spacial score (nSPS) is 19.8. The van der Waals surface area contributed by atoms with Crippen LogP contribution in [0.1, 0.15) is 62.6 Å². The quantitative estimate of drug-likeness (QED) is 0.864. The number of nitrogens with zero attached hydrogens (tertiary/aromatic N) is 2. The molecule has 0 saturated heterocycles. The zero-order chi connectivity index (χ0) is 13.8. The molecule has 1 aromatic heterocycles. The van der Waals surface area contributed by atoms with Gasteiger partial charge in [0.05, 0.1) is 0 Å². The van der Waals surface area contributed by atoms with Crippen molar-refractivity contribution in [3.05, 3.63) is 11.7 Å². The molecule has 2 fully saturated rings. The van der Waals surface area contributed by atoms with E-state index in [0.717, 1.165) is 31.6 Å². The predicted molar refractivity (Wildman–Crippen MR) is 73.4 cm³/mol. The minimum Gasteiger partial charge on any atom is -0.339 e. The van der Waals surface area contributed by atoms with Gasteiger partial charge in [-0.2, -0.15) is 4.98 Å². The fraction of sp³-hybridized carbons (Fsp3) is 0.786. The van der Waals surface area contributed by atoms with Crippen LogP contribution < -0.4 is 10.6 Å². The number of carbonyl (C=O) groups excluding carboxylic acids is 1. The van der Waals surface area contributed by atoms with Gasteiger partial charge in [0.2, 0.25) is 5.89 Å². The van der Waals surface area contributed by atoms with Crippen LogP contribution in [0.15, 0.2) is 4.52 Å². The van der Waals surface area contributed by atoms with Crippen LogP contribution in [0.5, 0.6) is 0 Å². The van der Waals surface area contributed by atoms with Gasteiger partial charge in [-0.3, -0.25) is 0 Å². The summed E-state index contributed by atoms with van der Waals surface area (Å²) in [5.74, 6) is 1.93. The van der Waals surface area contributed by atoms with E-state index < -0.39 is 0 Å². The van der Waals surface area contributed by atoms with Gasteiger partial charge in [-0.25, -0.2) is 4.79 Å². The van der Waals surface area contributed by atoms with Gasteiger partial charge in [-0.1, -0.05) is 24.4 Å². The molecule has 3 rings (SSSR count). The first-order chi connectivity index (χ1) is 9.81. The third-order valence-electron chi connectivity index (χ3n) is 3.98. The first-order valence-electron chi connectivity index (χ1n) is 7.68. The van der Waals surface area contributed by atoms with Crippen LogP contribution in [0.2, 0.25) is 0 Å². The number of rotatable bonds is 5. The average Bonchev–Trinajstić information content (AvgIpc) is 3.20. The summed E-state index contributed by atoms with van der Waals surface area (Å²) in [5.41, 5.74) is 0. The minimum absolute atomic E-state index is 0.0807. The summed E-state index contributed by atoms with van der Waals surface area (Å²) in [4.78, 5) is 16.1. The zero-order valence-corrected chi connectivity index (χ0v) is 11.7. The van der Waals surface area contributed by atoms with Crippen LogP contribution in [0.4, 0.5) is 4.79 Å². The molecule has 0 bridgehead atoms. The highest BCUT2D eigenvalue weighted by molar-refractivity contribution is 5.74. The van der Waals surface area contributed by atoms with E-state index in [9.17, 15) is 4.79 Å². The van der Waals surface area contributed by atoms with Gasteiger partial charge in [0.25, 0.3) is 0 Å². The predicted octanol–water partition coefficient (Wildman–Crippen LogP) is 2.12. The van der Waals surface area contributed by atoms with E-state index in [1.807, 2.05) is 0 Å². The van der Waals surface area contributed by atoms with Crippen LogP contribution in [-0.4, -0.2) is 28.8 Å². The van der Waals surface area contributed by atoms with Gasteiger partial charge >= 0.3 is 6.03 Å². The molecule has 2 aliphatic carbocycles. The van der Waals surface area contributed by atoms with Gasteiger partial charge in [0.1, 0.15) is 0 Å². The molecular formula is C14H22N4O2. The van der Waals surface area contributed by atoms with Crippen LogP contribution >= 0.6 is 0 Å². The number of amides is 2. The number of hydrogen-bond donors (Lipinski definition) is 2. The standard InChI is InChI=1S/C14H22N4O2/c19-14(16-11-4-2-1-3-5-11)15-9-8-12-17-13(20-18-12)10-6-7-10/h10-11H,1-9H2,(H2,15,16,19). The Bertz CT molecular complexity index is 450. The first-order valence-corrected chi connectivity index (χ1v) is 7.68. The molecule has 110 valence electrons. The molecule has 0 aromatic carbocycles. The molecule has 0 radical (unpaired) electrons. The fourth-order valence-electron chi connectivity index (χ4n) is 2.64. The maximum Gasteiger partial charge on any atom is 0.315 e. The van der Waals surface area contributed by atoms with Crippen LogP contribution in [0.3, 0.4) is 0 Å². The van der Waals surface area contributed by atoms with E-state index in [0.29, 0.717) is 30.7 Å². The van der Waals surface area contributed by atoms with Crippen molar-refractivity contribution in [2.45, 2.75) is 63.3 Å². The van der Waals surface area contributed by atoms with Crippen LogP contribution in [0, 0.1) is 0 Å². The number of aromatic nitrogens is 2. The summed E-state index contributed by atoms with van der Waals surface area (Å²) in [7, 11) is 0. The monoisotopic (exact) mass is 278 g/mol. The highest BCUT2D eigenvalue weighted by atomic mass is 16.5. The van der Waals surface area contributed by atoms with E-state index in [1.54, 1.807) is 0 Å². The summed E-state index contributed by atoms with van der Waals surface area (Å²) in [6.45, 7) is 0.544. The lowest BCUT2D eigenvalue weighted by atomic mass is 9.96. The number of nitrogens with one attached hydrogen (secondary N) is 2. The smallest absolute Gasteiger partial charge is 0.315 e. The molecule has 2 saturated carbocycles. The van der Waals surface area contributed by atoms with Crippen LogP contribution in [-0.2, 0) is 6.42 Å². The molecule has 0 unspecified atom stereocenters. The fourth-order valence-corrected chi connectivity index (χ4v) is 2.64. The van der Waals surface area contributed by atoms with Crippen LogP contribution in [0.25, 0.3) is 0 Å². The van der Waals surface area contributed by atoms with Crippen molar-refractivity contribution in [1.29, 1.82) is 0 Å².